The van der Waals surface area contributed by atoms with Crippen molar-refractivity contribution in [3.8, 4) is 11.5 Å². The van der Waals surface area contributed by atoms with E-state index < -0.39 is 33.2 Å². The second-order valence-electron chi connectivity index (χ2n) is 6.70. The van der Waals surface area contributed by atoms with E-state index in [2.05, 4.69) is 0 Å². The molecule has 1 heterocycles. The Balaban J connectivity index is 2.12. The first-order valence-corrected chi connectivity index (χ1v) is 10.0. The molecule has 7 nitrogen and oxygen atoms in total. The number of halogens is 2. The number of phenolic OH excluding ortho intramolecular Hbond substituents is 2. The van der Waals surface area contributed by atoms with Crippen molar-refractivity contribution in [3.05, 3.63) is 51.3 Å². The maximum absolute atomic E-state index is 13.4. The standard InChI is InChI=1S/C18H18ClFN2O5S/c1-9-15(23)16(24)14-11(17(9)28(26,27)21(2)3)8-22(18(14)25)7-10-4-5-13(20)12(19)6-10/h4-6,23-24H,7-8H2,1-3H3. The van der Waals surface area contributed by atoms with Crippen LogP contribution < -0.4 is 0 Å². The molecule has 150 valence electrons. The lowest BCUT2D eigenvalue weighted by atomic mass is 10.0. The molecule has 3 rings (SSSR count). The van der Waals surface area contributed by atoms with Gasteiger partial charge in [-0.3, -0.25) is 4.79 Å². The van der Waals surface area contributed by atoms with Gasteiger partial charge in [-0.05, 0) is 24.6 Å². The van der Waals surface area contributed by atoms with Crippen LogP contribution in [0.1, 0.15) is 27.0 Å². The highest BCUT2D eigenvalue weighted by Gasteiger charge is 2.39. The molecule has 1 aliphatic rings. The van der Waals surface area contributed by atoms with Crippen LogP contribution in [-0.2, 0) is 23.1 Å². The van der Waals surface area contributed by atoms with Gasteiger partial charge in [0.1, 0.15) is 5.82 Å². The molecule has 2 N–H and O–H groups in total. The smallest absolute Gasteiger partial charge is 0.258 e. The molecule has 0 fully saturated rings. The summed E-state index contributed by atoms with van der Waals surface area (Å²) in [6.45, 7) is 1.28. The van der Waals surface area contributed by atoms with Crippen LogP contribution in [-0.4, -0.2) is 47.8 Å². The van der Waals surface area contributed by atoms with E-state index in [4.69, 9.17) is 11.6 Å². The highest BCUT2D eigenvalue weighted by molar-refractivity contribution is 7.89. The monoisotopic (exact) mass is 428 g/mol. The second-order valence-corrected chi connectivity index (χ2v) is 9.20. The number of nitrogens with zero attached hydrogens (tertiary/aromatic N) is 2. The molecule has 2 aromatic rings. The van der Waals surface area contributed by atoms with Crippen molar-refractivity contribution in [1.82, 2.24) is 9.21 Å². The second kappa shape index (κ2) is 6.91. The zero-order valence-corrected chi connectivity index (χ0v) is 16.9. The van der Waals surface area contributed by atoms with Crippen LogP contribution in [0.15, 0.2) is 23.1 Å². The van der Waals surface area contributed by atoms with Crippen LogP contribution in [0, 0.1) is 12.7 Å². The normalized spacial score (nSPS) is 14.1. The minimum absolute atomic E-state index is 0.0220. The van der Waals surface area contributed by atoms with Crippen molar-refractivity contribution >= 4 is 27.5 Å². The molecule has 28 heavy (non-hydrogen) atoms. The molecule has 0 unspecified atom stereocenters. The summed E-state index contributed by atoms with van der Waals surface area (Å²) in [5.41, 5.74) is 0.353. The van der Waals surface area contributed by atoms with Crippen molar-refractivity contribution in [2.45, 2.75) is 24.9 Å². The summed E-state index contributed by atoms with van der Waals surface area (Å²) >= 11 is 5.78. The predicted octanol–water partition coefficient (Wildman–Crippen LogP) is 2.61. The summed E-state index contributed by atoms with van der Waals surface area (Å²) in [7, 11) is -1.32. The average molecular weight is 429 g/mol. The van der Waals surface area contributed by atoms with Crippen molar-refractivity contribution in [2.75, 3.05) is 14.1 Å². The summed E-state index contributed by atoms with van der Waals surface area (Å²) in [4.78, 5) is 13.9. The number of carbonyl (C=O) groups excluding carboxylic acids is 1. The molecule has 0 atom stereocenters. The molecular formula is C18H18ClFN2O5S. The van der Waals surface area contributed by atoms with Gasteiger partial charge >= 0.3 is 0 Å². The van der Waals surface area contributed by atoms with Crippen LogP contribution in [0.4, 0.5) is 4.39 Å². The molecule has 1 amide bonds. The largest absolute Gasteiger partial charge is 0.504 e. The molecule has 0 saturated heterocycles. The SMILES string of the molecule is Cc1c(O)c(O)c2c(c1S(=O)(=O)N(C)C)CN(Cc1ccc(F)c(Cl)c1)C2=O. The Morgan fingerprint density at radius 3 is 2.46 bits per heavy atom. The number of fused-ring (bicyclic) bond motifs is 1. The van der Waals surface area contributed by atoms with Gasteiger partial charge in [0, 0.05) is 38.3 Å². The zero-order valence-electron chi connectivity index (χ0n) is 15.3. The van der Waals surface area contributed by atoms with Crippen molar-refractivity contribution in [3.63, 3.8) is 0 Å². The summed E-state index contributed by atoms with van der Waals surface area (Å²) in [5, 5.41) is 20.4. The van der Waals surface area contributed by atoms with Crippen LogP contribution in [0.25, 0.3) is 0 Å². The van der Waals surface area contributed by atoms with Crippen LogP contribution >= 0.6 is 11.6 Å². The molecule has 0 saturated carbocycles. The Bertz CT molecular complexity index is 1100. The first-order valence-electron chi connectivity index (χ1n) is 8.19. The molecule has 1 aliphatic heterocycles. The van der Waals surface area contributed by atoms with E-state index in [-0.39, 0.29) is 39.7 Å². The highest BCUT2D eigenvalue weighted by Crippen LogP contribution is 2.45. The zero-order chi connectivity index (χ0) is 21.0. The summed E-state index contributed by atoms with van der Waals surface area (Å²) in [6, 6.07) is 3.99. The van der Waals surface area contributed by atoms with E-state index in [1.807, 2.05) is 0 Å². The van der Waals surface area contributed by atoms with E-state index in [0.717, 1.165) is 4.31 Å². The van der Waals surface area contributed by atoms with Crippen LogP contribution in [0.5, 0.6) is 11.5 Å². The number of hydrogen-bond donors (Lipinski definition) is 2. The molecule has 0 spiro atoms. The summed E-state index contributed by atoms with van der Waals surface area (Å²) in [5.74, 6) is -2.55. The number of rotatable bonds is 4. The lowest BCUT2D eigenvalue weighted by Gasteiger charge is -2.18. The fraction of sp³-hybridized carbons (Fsp3) is 0.278. The maximum atomic E-state index is 13.4. The van der Waals surface area contributed by atoms with Gasteiger partial charge in [-0.25, -0.2) is 17.1 Å². The average Bonchev–Trinajstić information content (AvgIpc) is 2.92. The van der Waals surface area contributed by atoms with Crippen LogP contribution in [0.2, 0.25) is 5.02 Å². The van der Waals surface area contributed by atoms with E-state index in [0.29, 0.717) is 5.56 Å². The number of aromatic hydroxyl groups is 2. The Labute approximate surface area is 166 Å². The molecule has 0 radical (unpaired) electrons. The van der Waals surface area contributed by atoms with Gasteiger partial charge in [0.25, 0.3) is 5.91 Å². The van der Waals surface area contributed by atoms with Gasteiger partial charge in [0.05, 0.1) is 15.5 Å². The van der Waals surface area contributed by atoms with Crippen LogP contribution in [0.3, 0.4) is 0 Å². The molecule has 0 aromatic heterocycles. The Kier molecular flexibility index (Phi) is 5.03. The molecular weight excluding hydrogens is 411 g/mol. The van der Waals surface area contributed by atoms with Gasteiger partial charge in [-0.2, -0.15) is 0 Å². The van der Waals surface area contributed by atoms with Gasteiger partial charge in [0.2, 0.25) is 10.0 Å². The topological polar surface area (TPSA) is 98.1 Å². The maximum Gasteiger partial charge on any atom is 0.258 e. The number of hydrogen-bond acceptors (Lipinski definition) is 5. The van der Waals surface area contributed by atoms with Gasteiger partial charge in [-0.1, -0.05) is 17.7 Å². The predicted molar refractivity (Wildman–Crippen MR) is 100 cm³/mol. The number of amides is 1. The van der Waals surface area contributed by atoms with E-state index in [1.54, 1.807) is 0 Å². The quantitative estimate of drug-likeness (QED) is 0.729. The summed E-state index contributed by atoms with van der Waals surface area (Å²) < 4.78 is 39.9. The van der Waals surface area contributed by atoms with Gasteiger partial charge < -0.3 is 15.1 Å². The van der Waals surface area contributed by atoms with E-state index >= 15 is 0 Å². The van der Waals surface area contributed by atoms with E-state index in [9.17, 15) is 27.8 Å². The minimum atomic E-state index is -3.99. The Hall–Kier alpha value is -2.36. The highest BCUT2D eigenvalue weighted by atomic mass is 35.5. The Morgan fingerprint density at radius 2 is 1.89 bits per heavy atom. The third kappa shape index (κ3) is 3.09. The number of benzene rings is 2. The van der Waals surface area contributed by atoms with E-state index in [1.165, 1.54) is 44.1 Å². The number of phenols is 2. The lowest BCUT2D eigenvalue weighted by molar-refractivity contribution is 0.0764. The van der Waals surface area contributed by atoms with Crippen molar-refractivity contribution in [2.24, 2.45) is 0 Å². The summed E-state index contributed by atoms with van der Waals surface area (Å²) in [6.07, 6.45) is 0. The molecule has 0 bridgehead atoms. The molecule has 10 heteroatoms. The van der Waals surface area contributed by atoms with Gasteiger partial charge in [-0.15, -0.1) is 0 Å². The van der Waals surface area contributed by atoms with Gasteiger partial charge in [0.15, 0.2) is 11.5 Å². The minimum Gasteiger partial charge on any atom is -0.504 e. The van der Waals surface area contributed by atoms with Crippen molar-refractivity contribution in [1.29, 1.82) is 0 Å². The number of carbonyl (C=O) groups is 1. The van der Waals surface area contributed by atoms with Crippen molar-refractivity contribution < 1.29 is 27.8 Å². The first kappa shape index (κ1) is 20.4. The molecule has 2 aromatic carbocycles. The Morgan fingerprint density at radius 1 is 1.25 bits per heavy atom. The third-order valence-corrected chi connectivity index (χ3v) is 7.00. The number of sulfonamides is 1. The molecule has 0 aliphatic carbocycles. The lowest BCUT2D eigenvalue weighted by Crippen LogP contribution is -2.25. The third-order valence-electron chi connectivity index (χ3n) is 4.68. The first-order chi connectivity index (χ1) is 13.0. The fourth-order valence-corrected chi connectivity index (χ4v) is 4.74. The fourth-order valence-electron chi connectivity index (χ4n) is 3.21.